The van der Waals surface area contributed by atoms with E-state index >= 15 is 0 Å². The molecular formula is C11H18ClNO2. The van der Waals surface area contributed by atoms with Gasteiger partial charge in [-0.15, -0.1) is 12.4 Å². The van der Waals surface area contributed by atoms with Crippen molar-refractivity contribution in [2.24, 2.45) is 0 Å². The first kappa shape index (κ1) is 14.2. The minimum atomic E-state index is 0. The summed E-state index contributed by atoms with van der Waals surface area (Å²) in [5, 5.41) is 9.09. The van der Waals surface area contributed by atoms with Crippen molar-refractivity contribution in [3.05, 3.63) is 29.8 Å². The Morgan fingerprint density at radius 1 is 1.27 bits per heavy atom. The van der Waals surface area contributed by atoms with Gasteiger partial charge in [-0.1, -0.05) is 12.1 Å². The molecule has 0 unspecified atom stereocenters. The lowest BCUT2D eigenvalue weighted by molar-refractivity contribution is 0.0827. The van der Waals surface area contributed by atoms with Crippen LogP contribution in [0.25, 0.3) is 0 Å². The maximum Gasteiger partial charge on any atom is 0.115 e. The molecule has 0 bridgehead atoms. The van der Waals surface area contributed by atoms with Crippen LogP contribution in [0.4, 0.5) is 0 Å². The fourth-order valence-electron chi connectivity index (χ4n) is 1.27. The molecule has 4 heteroatoms. The largest absolute Gasteiger partial charge is 0.508 e. The average molecular weight is 232 g/mol. The van der Waals surface area contributed by atoms with Gasteiger partial charge in [-0.05, 0) is 31.2 Å². The fourth-order valence-corrected chi connectivity index (χ4v) is 1.27. The van der Waals surface area contributed by atoms with Gasteiger partial charge in [-0.3, -0.25) is 4.90 Å². The van der Waals surface area contributed by atoms with Gasteiger partial charge in [0.1, 0.15) is 5.75 Å². The highest BCUT2D eigenvalue weighted by Crippen LogP contribution is 2.10. The first-order valence-corrected chi connectivity index (χ1v) is 4.68. The first-order chi connectivity index (χ1) is 6.72. The van der Waals surface area contributed by atoms with E-state index in [4.69, 9.17) is 9.84 Å². The van der Waals surface area contributed by atoms with Gasteiger partial charge in [0.2, 0.25) is 0 Å². The molecule has 1 aromatic rings. The van der Waals surface area contributed by atoms with Crippen molar-refractivity contribution in [1.82, 2.24) is 4.90 Å². The fraction of sp³-hybridized carbons (Fsp3) is 0.455. The summed E-state index contributed by atoms with van der Waals surface area (Å²) >= 11 is 0. The number of methoxy groups -OCH3 is 1. The number of ether oxygens (including phenoxy) is 1. The molecule has 0 aromatic heterocycles. The second-order valence-corrected chi connectivity index (χ2v) is 3.41. The number of hydrogen-bond acceptors (Lipinski definition) is 3. The van der Waals surface area contributed by atoms with E-state index in [0.29, 0.717) is 12.5 Å². The SMILES string of the molecule is COCN(C)CCc1ccc(O)cc1.Cl. The predicted molar refractivity (Wildman–Crippen MR) is 63.6 cm³/mol. The molecule has 0 saturated heterocycles. The van der Waals surface area contributed by atoms with E-state index in [1.165, 1.54) is 5.56 Å². The third-order valence-corrected chi connectivity index (χ3v) is 2.07. The van der Waals surface area contributed by atoms with Crippen LogP contribution in [0.5, 0.6) is 5.75 Å². The van der Waals surface area contributed by atoms with E-state index < -0.39 is 0 Å². The summed E-state index contributed by atoms with van der Waals surface area (Å²) in [6, 6.07) is 7.31. The molecule has 1 aromatic carbocycles. The molecule has 0 saturated carbocycles. The number of hydrogen-bond donors (Lipinski definition) is 1. The molecule has 1 N–H and O–H groups in total. The van der Waals surface area contributed by atoms with Gasteiger partial charge >= 0.3 is 0 Å². The molecule has 0 heterocycles. The number of phenols is 1. The Morgan fingerprint density at radius 2 is 1.87 bits per heavy atom. The number of benzene rings is 1. The minimum Gasteiger partial charge on any atom is -0.508 e. The van der Waals surface area contributed by atoms with E-state index in [9.17, 15) is 0 Å². The van der Waals surface area contributed by atoms with Crippen molar-refractivity contribution in [2.45, 2.75) is 6.42 Å². The maximum absolute atomic E-state index is 9.09. The molecule has 0 atom stereocenters. The summed E-state index contributed by atoms with van der Waals surface area (Å²) in [6.07, 6.45) is 0.972. The van der Waals surface area contributed by atoms with Crippen molar-refractivity contribution < 1.29 is 9.84 Å². The molecule has 0 aliphatic heterocycles. The minimum absolute atomic E-state index is 0. The molecular weight excluding hydrogens is 214 g/mol. The Kier molecular flexibility index (Phi) is 7.13. The average Bonchev–Trinajstić information content (AvgIpc) is 2.17. The van der Waals surface area contributed by atoms with Crippen molar-refractivity contribution in [3.8, 4) is 5.75 Å². The van der Waals surface area contributed by atoms with Gasteiger partial charge in [0.05, 0.1) is 6.73 Å². The second kappa shape index (κ2) is 7.51. The quantitative estimate of drug-likeness (QED) is 0.786. The lowest BCUT2D eigenvalue weighted by atomic mass is 10.1. The highest BCUT2D eigenvalue weighted by Gasteiger charge is 1.98. The number of likely N-dealkylation sites (N-methyl/N-ethyl adjacent to an activating group) is 1. The third kappa shape index (κ3) is 5.62. The molecule has 0 amide bonds. The van der Waals surface area contributed by atoms with E-state index in [0.717, 1.165) is 13.0 Å². The highest BCUT2D eigenvalue weighted by molar-refractivity contribution is 5.85. The van der Waals surface area contributed by atoms with Crippen LogP contribution in [0.15, 0.2) is 24.3 Å². The van der Waals surface area contributed by atoms with Crippen LogP contribution in [-0.2, 0) is 11.2 Å². The lowest BCUT2D eigenvalue weighted by Gasteiger charge is -2.14. The Labute approximate surface area is 97.1 Å². The van der Waals surface area contributed by atoms with Crippen LogP contribution in [0.2, 0.25) is 0 Å². The van der Waals surface area contributed by atoms with Gasteiger partial charge < -0.3 is 9.84 Å². The Morgan fingerprint density at radius 3 is 2.40 bits per heavy atom. The smallest absolute Gasteiger partial charge is 0.115 e. The van der Waals surface area contributed by atoms with Crippen molar-refractivity contribution in [3.63, 3.8) is 0 Å². The predicted octanol–water partition coefficient (Wildman–Crippen LogP) is 1.89. The van der Waals surface area contributed by atoms with E-state index in [1.807, 2.05) is 19.2 Å². The molecule has 1 rings (SSSR count). The van der Waals surface area contributed by atoms with E-state index in [-0.39, 0.29) is 12.4 Å². The Bertz CT molecular complexity index is 264. The van der Waals surface area contributed by atoms with Gasteiger partial charge in [0.15, 0.2) is 0 Å². The summed E-state index contributed by atoms with van der Waals surface area (Å²) in [5.74, 6) is 0.319. The van der Waals surface area contributed by atoms with Crippen molar-refractivity contribution in [2.75, 3.05) is 27.4 Å². The highest BCUT2D eigenvalue weighted by atomic mass is 35.5. The Hall–Kier alpha value is -0.770. The molecule has 0 fully saturated rings. The number of nitrogens with zero attached hydrogens (tertiary/aromatic N) is 1. The lowest BCUT2D eigenvalue weighted by Crippen LogP contribution is -2.23. The van der Waals surface area contributed by atoms with Gasteiger partial charge in [-0.2, -0.15) is 0 Å². The van der Waals surface area contributed by atoms with Crippen LogP contribution < -0.4 is 0 Å². The zero-order valence-electron chi connectivity index (χ0n) is 9.14. The zero-order valence-corrected chi connectivity index (χ0v) is 9.96. The molecule has 86 valence electrons. The van der Waals surface area contributed by atoms with Crippen LogP contribution in [0, 0.1) is 0 Å². The van der Waals surface area contributed by atoms with Gasteiger partial charge in [-0.25, -0.2) is 0 Å². The van der Waals surface area contributed by atoms with Gasteiger partial charge in [0, 0.05) is 13.7 Å². The molecule has 3 nitrogen and oxygen atoms in total. The molecule has 0 aliphatic carbocycles. The molecule has 0 radical (unpaired) electrons. The third-order valence-electron chi connectivity index (χ3n) is 2.07. The van der Waals surface area contributed by atoms with E-state index in [2.05, 4.69) is 4.90 Å². The summed E-state index contributed by atoms with van der Waals surface area (Å²) in [4.78, 5) is 2.10. The number of phenolic OH excluding ortho intramolecular Hbond substituents is 1. The van der Waals surface area contributed by atoms with Crippen LogP contribution in [0.1, 0.15) is 5.56 Å². The normalized spacial score (nSPS) is 10.1. The monoisotopic (exact) mass is 231 g/mol. The molecule has 0 spiro atoms. The topological polar surface area (TPSA) is 32.7 Å². The van der Waals surface area contributed by atoms with Crippen LogP contribution in [-0.4, -0.2) is 37.4 Å². The summed E-state index contributed by atoms with van der Waals surface area (Å²) in [7, 11) is 3.71. The van der Waals surface area contributed by atoms with Crippen molar-refractivity contribution in [1.29, 1.82) is 0 Å². The summed E-state index contributed by atoms with van der Waals surface area (Å²) in [5.41, 5.74) is 1.23. The van der Waals surface area contributed by atoms with Crippen LogP contribution >= 0.6 is 12.4 Å². The number of aromatic hydroxyl groups is 1. The number of rotatable bonds is 5. The zero-order chi connectivity index (χ0) is 10.4. The first-order valence-electron chi connectivity index (χ1n) is 4.68. The summed E-state index contributed by atoms with van der Waals surface area (Å²) in [6.45, 7) is 1.61. The molecule has 15 heavy (non-hydrogen) atoms. The van der Waals surface area contributed by atoms with E-state index in [1.54, 1.807) is 19.2 Å². The Balaban J connectivity index is 0.00000196. The number of halogens is 1. The maximum atomic E-state index is 9.09. The standard InChI is InChI=1S/C11H17NO2.ClH/c1-12(9-14-2)8-7-10-3-5-11(13)6-4-10;/h3-6,13H,7-9H2,1-2H3;1H. The van der Waals surface area contributed by atoms with Gasteiger partial charge in [0.25, 0.3) is 0 Å². The summed E-state index contributed by atoms with van der Waals surface area (Å²) < 4.78 is 5.00. The van der Waals surface area contributed by atoms with Crippen molar-refractivity contribution >= 4 is 12.4 Å². The second-order valence-electron chi connectivity index (χ2n) is 3.41. The van der Waals surface area contributed by atoms with Crippen LogP contribution in [0.3, 0.4) is 0 Å². The molecule has 0 aliphatic rings.